The second kappa shape index (κ2) is 6.27. The number of amides is 1. The van der Waals surface area contributed by atoms with Crippen LogP contribution in [-0.4, -0.2) is 21.0 Å². The van der Waals surface area contributed by atoms with E-state index >= 15 is 0 Å². The van der Waals surface area contributed by atoms with E-state index in [1.165, 1.54) is 12.3 Å². The highest BCUT2D eigenvalue weighted by Gasteiger charge is 2.22. The van der Waals surface area contributed by atoms with Gasteiger partial charge in [-0.05, 0) is 46.7 Å². The van der Waals surface area contributed by atoms with Gasteiger partial charge in [-0.1, -0.05) is 26.8 Å². The lowest BCUT2D eigenvalue weighted by molar-refractivity contribution is 0.102. The van der Waals surface area contributed by atoms with E-state index in [1.807, 2.05) is 24.4 Å². The molecule has 2 aromatic heterocycles. The van der Waals surface area contributed by atoms with Gasteiger partial charge < -0.3 is 20.4 Å². The summed E-state index contributed by atoms with van der Waals surface area (Å²) in [4.78, 5) is 31.8. The zero-order valence-corrected chi connectivity index (χ0v) is 15.9. The van der Waals surface area contributed by atoms with E-state index in [2.05, 4.69) is 36.1 Å². The number of phenols is 1. The van der Waals surface area contributed by atoms with E-state index in [0.717, 1.165) is 16.5 Å². The van der Waals surface area contributed by atoms with Crippen LogP contribution in [0.3, 0.4) is 0 Å². The number of H-pyrrole nitrogens is 2. The minimum absolute atomic E-state index is 0.0551. The number of aromatic nitrogens is 2. The number of carbonyl (C=O) groups is 1. The fourth-order valence-corrected chi connectivity index (χ4v) is 3.43. The molecule has 6 nitrogen and oxygen atoms in total. The number of anilines is 1. The number of carbonyl (C=O) groups excluding carboxylic acids is 1. The van der Waals surface area contributed by atoms with Crippen LogP contribution < -0.4 is 10.7 Å². The topological polar surface area (TPSA) is 98.0 Å². The summed E-state index contributed by atoms with van der Waals surface area (Å²) in [6.45, 7) is 6.20. The Morgan fingerprint density at radius 3 is 2.61 bits per heavy atom. The second-order valence-corrected chi connectivity index (χ2v) is 7.90. The highest BCUT2D eigenvalue weighted by Crippen LogP contribution is 2.33. The van der Waals surface area contributed by atoms with Crippen molar-refractivity contribution in [1.82, 2.24) is 9.97 Å². The molecule has 1 amide bonds. The van der Waals surface area contributed by atoms with Crippen molar-refractivity contribution in [3.05, 3.63) is 70.1 Å². The largest absolute Gasteiger partial charge is 0.507 e. The maximum absolute atomic E-state index is 12.9. The van der Waals surface area contributed by atoms with Crippen molar-refractivity contribution < 1.29 is 9.90 Å². The molecular weight excluding hydrogens is 354 g/mol. The van der Waals surface area contributed by atoms with Gasteiger partial charge in [0, 0.05) is 23.6 Å². The third kappa shape index (κ3) is 2.93. The third-order valence-electron chi connectivity index (χ3n) is 4.88. The Hall–Kier alpha value is -3.54. The van der Waals surface area contributed by atoms with Crippen molar-refractivity contribution in [3.63, 3.8) is 0 Å². The van der Waals surface area contributed by atoms with Gasteiger partial charge in [0.15, 0.2) is 0 Å². The maximum atomic E-state index is 12.9. The molecule has 4 rings (SSSR count). The molecule has 4 N–H and O–H groups in total. The minimum atomic E-state index is -0.525. The fraction of sp³-hybridized carbons (Fsp3) is 0.182. The van der Waals surface area contributed by atoms with Crippen LogP contribution in [0.4, 0.5) is 5.69 Å². The smallest absolute Gasteiger partial charge is 0.261 e. The number of aromatic hydroxyl groups is 1. The van der Waals surface area contributed by atoms with Gasteiger partial charge in [0.2, 0.25) is 5.43 Å². The van der Waals surface area contributed by atoms with Gasteiger partial charge in [-0.3, -0.25) is 9.59 Å². The Morgan fingerprint density at radius 2 is 1.86 bits per heavy atom. The van der Waals surface area contributed by atoms with Crippen molar-refractivity contribution in [2.75, 3.05) is 5.32 Å². The van der Waals surface area contributed by atoms with Crippen LogP contribution in [0.15, 0.2) is 53.6 Å². The molecule has 28 heavy (non-hydrogen) atoms. The molecule has 0 aliphatic carbocycles. The molecule has 0 saturated carbocycles. The predicted octanol–water partition coefficient (Wildman–Crippen LogP) is 4.26. The summed E-state index contributed by atoms with van der Waals surface area (Å²) in [6.07, 6.45) is 3.23. The van der Waals surface area contributed by atoms with Crippen LogP contribution in [0.2, 0.25) is 0 Å². The van der Waals surface area contributed by atoms with Crippen LogP contribution in [0.25, 0.3) is 21.8 Å². The number of rotatable bonds is 2. The van der Waals surface area contributed by atoms with Crippen LogP contribution in [0.1, 0.15) is 36.7 Å². The summed E-state index contributed by atoms with van der Waals surface area (Å²) in [5.74, 6) is -0.681. The summed E-state index contributed by atoms with van der Waals surface area (Å²) in [5.41, 5.74) is 2.21. The minimum Gasteiger partial charge on any atom is -0.507 e. The monoisotopic (exact) mass is 375 g/mol. The zero-order chi connectivity index (χ0) is 20.1. The van der Waals surface area contributed by atoms with E-state index in [-0.39, 0.29) is 22.1 Å². The van der Waals surface area contributed by atoms with E-state index in [4.69, 9.17) is 0 Å². The summed E-state index contributed by atoms with van der Waals surface area (Å²) >= 11 is 0. The zero-order valence-electron chi connectivity index (χ0n) is 15.9. The molecule has 0 aliphatic rings. The van der Waals surface area contributed by atoms with Gasteiger partial charge >= 0.3 is 0 Å². The van der Waals surface area contributed by atoms with Crippen molar-refractivity contribution in [2.24, 2.45) is 0 Å². The first-order valence-corrected chi connectivity index (χ1v) is 9.02. The Morgan fingerprint density at radius 1 is 1.07 bits per heavy atom. The van der Waals surface area contributed by atoms with Crippen LogP contribution in [-0.2, 0) is 5.41 Å². The average Bonchev–Trinajstić information content (AvgIpc) is 3.08. The quantitative estimate of drug-likeness (QED) is 0.421. The Balaban J connectivity index is 1.81. The van der Waals surface area contributed by atoms with Crippen LogP contribution in [0, 0.1) is 0 Å². The fourth-order valence-electron chi connectivity index (χ4n) is 3.43. The number of nitrogens with one attached hydrogen (secondary N) is 3. The van der Waals surface area contributed by atoms with Crippen molar-refractivity contribution in [2.45, 2.75) is 26.2 Å². The lowest BCUT2D eigenvalue weighted by Gasteiger charge is -2.23. The molecule has 0 unspecified atom stereocenters. The van der Waals surface area contributed by atoms with E-state index < -0.39 is 11.3 Å². The SMILES string of the molecule is CC(C)(C)c1cc2cc[nH]c2cc1NC(=O)c1c[nH]c2cccc(O)c2c1=O. The van der Waals surface area contributed by atoms with Gasteiger partial charge in [-0.15, -0.1) is 0 Å². The summed E-state index contributed by atoms with van der Waals surface area (Å²) in [6, 6.07) is 10.6. The number of aromatic amines is 2. The Labute approximate surface area is 161 Å². The maximum Gasteiger partial charge on any atom is 0.261 e. The first-order chi connectivity index (χ1) is 13.3. The van der Waals surface area contributed by atoms with Crippen molar-refractivity contribution >= 4 is 33.4 Å². The van der Waals surface area contributed by atoms with E-state index in [1.54, 1.807) is 12.1 Å². The Kier molecular flexibility index (Phi) is 4.00. The van der Waals surface area contributed by atoms with Crippen LogP contribution in [0.5, 0.6) is 5.75 Å². The lowest BCUT2D eigenvalue weighted by Crippen LogP contribution is -2.24. The van der Waals surface area contributed by atoms with Gasteiger partial charge in [0.05, 0.1) is 10.9 Å². The molecule has 0 spiro atoms. The van der Waals surface area contributed by atoms with E-state index in [9.17, 15) is 14.7 Å². The van der Waals surface area contributed by atoms with Crippen LogP contribution >= 0.6 is 0 Å². The molecular formula is C22H21N3O3. The normalized spacial score (nSPS) is 11.8. The highest BCUT2D eigenvalue weighted by molar-refractivity contribution is 6.07. The van der Waals surface area contributed by atoms with Crippen molar-refractivity contribution in [1.29, 1.82) is 0 Å². The summed E-state index contributed by atoms with van der Waals surface area (Å²) < 4.78 is 0. The number of hydrogen-bond donors (Lipinski definition) is 4. The molecule has 2 aromatic carbocycles. The molecule has 0 radical (unpaired) electrons. The van der Waals surface area contributed by atoms with E-state index in [0.29, 0.717) is 11.2 Å². The number of phenolic OH excluding ortho intramolecular Hbond substituents is 1. The predicted molar refractivity (Wildman–Crippen MR) is 111 cm³/mol. The highest BCUT2D eigenvalue weighted by atomic mass is 16.3. The number of fused-ring (bicyclic) bond motifs is 2. The molecule has 0 atom stereocenters. The van der Waals surface area contributed by atoms with Crippen molar-refractivity contribution in [3.8, 4) is 5.75 Å². The van der Waals surface area contributed by atoms with Gasteiger partial charge in [0.1, 0.15) is 11.3 Å². The van der Waals surface area contributed by atoms with Gasteiger partial charge in [-0.2, -0.15) is 0 Å². The Bertz CT molecular complexity index is 1280. The standard InChI is InChI=1S/C22H21N3O3/c1-22(2,3)14-9-12-7-8-23-16(12)10-17(14)25-21(28)13-11-24-15-5-4-6-18(26)19(15)20(13)27/h4-11,23,26H,1-3H3,(H,24,27)(H,25,28). The summed E-state index contributed by atoms with van der Waals surface area (Å²) in [7, 11) is 0. The molecule has 0 aliphatic heterocycles. The molecule has 4 aromatic rings. The molecule has 2 heterocycles. The lowest BCUT2D eigenvalue weighted by atomic mass is 9.85. The number of hydrogen-bond acceptors (Lipinski definition) is 3. The first-order valence-electron chi connectivity index (χ1n) is 9.02. The molecule has 0 bridgehead atoms. The molecule has 0 saturated heterocycles. The third-order valence-corrected chi connectivity index (χ3v) is 4.88. The van der Waals surface area contributed by atoms with Gasteiger partial charge in [-0.25, -0.2) is 0 Å². The molecule has 0 fully saturated rings. The number of pyridine rings is 1. The number of benzene rings is 2. The molecule has 142 valence electrons. The molecule has 6 heteroatoms. The van der Waals surface area contributed by atoms with Gasteiger partial charge in [0.25, 0.3) is 5.91 Å². The summed E-state index contributed by atoms with van der Waals surface area (Å²) in [5, 5.41) is 14.1. The average molecular weight is 375 g/mol. The second-order valence-electron chi connectivity index (χ2n) is 7.90. The first kappa shape index (κ1) is 17.9.